The number of carbonyl (C=O) groups excluding carboxylic acids is 1. The maximum absolute atomic E-state index is 13.1. The highest BCUT2D eigenvalue weighted by Crippen LogP contribution is 2.28. The van der Waals surface area contributed by atoms with Crippen molar-refractivity contribution in [2.24, 2.45) is 5.92 Å². The topological polar surface area (TPSA) is 76.1 Å². The summed E-state index contributed by atoms with van der Waals surface area (Å²) in [7, 11) is -3.82. The van der Waals surface area contributed by atoms with Crippen molar-refractivity contribution in [3.8, 4) is 0 Å². The Bertz CT molecular complexity index is 806. The lowest BCUT2D eigenvalue weighted by atomic mass is 10.1. The van der Waals surface area contributed by atoms with Crippen molar-refractivity contribution < 1.29 is 17.6 Å². The number of aromatic nitrogens is 1. The van der Waals surface area contributed by atoms with Gasteiger partial charge in [-0.15, -0.1) is 0 Å². The highest BCUT2D eigenvalue weighted by Gasteiger charge is 2.30. The van der Waals surface area contributed by atoms with Crippen LogP contribution >= 0.6 is 0 Å². The Morgan fingerprint density at radius 1 is 1.20 bits per heavy atom. The minimum atomic E-state index is -3.82. The second kappa shape index (κ2) is 8.20. The van der Waals surface area contributed by atoms with Crippen molar-refractivity contribution in [2.75, 3.05) is 6.54 Å². The molecule has 25 heavy (non-hydrogen) atoms. The molecule has 1 amide bonds. The number of benzene rings is 1. The number of hydrogen-bond donors (Lipinski definition) is 1. The molecule has 0 saturated carbocycles. The number of sulfone groups is 1. The molecule has 1 atom stereocenters. The molecule has 0 spiro atoms. The van der Waals surface area contributed by atoms with Crippen LogP contribution in [0.2, 0.25) is 0 Å². The van der Waals surface area contributed by atoms with Crippen molar-refractivity contribution in [3.05, 3.63) is 60.2 Å². The van der Waals surface area contributed by atoms with Crippen LogP contribution in [0, 0.1) is 11.7 Å². The van der Waals surface area contributed by atoms with Crippen LogP contribution in [0.4, 0.5) is 4.39 Å². The summed E-state index contributed by atoms with van der Waals surface area (Å²) in [6.07, 6.45) is 3.32. The Morgan fingerprint density at radius 2 is 1.88 bits per heavy atom. The monoisotopic (exact) mass is 364 g/mol. The van der Waals surface area contributed by atoms with Crippen LogP contribution in [0.1, 0.15) is 31.1 Å². The average Bonchev–Trinajstić information content (AvgIpc) is 2.55. The van der Waals surface area contributed by atoms with Crippen LogP contribution in [-0.2, 0) is 14.6 Å². The minimum absolute atomic E-state index is 0.000798. The zero-order chi connectivity index (χ0) is 18.4. The summed E-state index contributed by atoms with van der Waals surface area (Å²) >= 11 is 0. The molecule has 0 fully saturated rings. The van der Waals surface area contributed by atoms with Crippen molar-refractivity contribution >= 4 is 15.7 Å². The van der Waals surface area contributed by atoms with E-state index in [1.807, 2.05) is 13.8 Å². The largest absolute Gasteiger partial charge is 0.354 e. The maximum atomic E-state index is 13.1. The molecule has 7 heteroatoms. The van der Waals surface area contributed by atoms with Crippen LogP contribution in [0.5, 0.6) is 0 Å². The maximum Gasteiger partial charge on any atom is 0.220 e. The smallest absolute Gasteiger partial charge is 0.220 e. The second-order valence-corrected chi connectivity index (χ2v) is 8.31. The van der Waals surface area contributed by atoms with Gasteiger partial charge in [-0.1, -0.05) is 19.9 Å². The number of amides is 1. The van der Waals surface area contributed by atoms with Crippen LogP contribution in [0.25, 0.3) is 0 Å². The predicted molar refractivity (Wildman–Crippen MR) is 93.0 cm³/mol. The van der Waals surface area contributed by atoms with E-state index in [0.717, 1.165) is 12.1 Å². The van der Waals surface area contributed by atoms with Gasteiger partial charge in [0.1, 0.15) is 11.1 Å². The third-order valence-electron chi connectivity index (χ3n) is 3.65. The van der Waals surface area contributed by atoms with Crippen LogP contribution in [-0.4, -0.2) is 25.9 Å². The molecule has 1 N–H and O–H groups in total. The fraction of sp³-hybridized carbons (Fsp3) is 0.333. The van der Waals surface area contributed by atoms with Gasteiger partial charge in [-0.25, -0.2) is 12.8 Å². The fourth-order valence-corrected chi connectivity index (χ4v) is 4.06. The number of pyridine rings is 1. The highest BCUT2D eigenvalue weighted by molar-refractivity contribution is 7.91. The van der Waals surface area contributed by atoms with Gasteiger partial charge in [0.05, 0.1) is 4.90 Å². The van der Waals surface area contributed by atoms with Gasteiger partial charge >= 0.3 is 0 Å². The molecule has 5 nitrogen and oxygen atoms in total. The van der Waals surface area contributed by atoms with Gasteiger partial charge in [0, 0.05) is 25.4 Å². The number of hydrogen-bond acceptors (Lipinski definition) is 4. The number of carbonyl (C=O) groups is 1. The molecular weight excluding hydrogens is 343 g/mol. The van der Waals surface area contributed by atoms with E-state index < -0.39 is 20.9 Å². The Labute approximate surface area is 147 Å². The van der Waals surface area contributed by atoms with Gasteiger partial charge in [-0.3, -0.25) is 9.78 Å². The first-order chi connectivity index (χ1) is 11.8. The van der Waals surface area contributed by atoms with E-state index in [0.29, 0.717) is 12.0 Å². The van der Waals surface area contributed by atoms with Gasteiger partial charge in [0.2, 0.25) is 5.91 Å². The first-order valence-electron chi connectivity index (χ1n) is 7.97. The first-order valence-corrected chi connectivity index (χ1v) is 9.51. The summed E-state index contributed by atoms with van der Waals surface area (Å²) in [5, 5.41) is 1.68. The van der Waals surface area contributed by atoms with E-state index in [1.54, 1.807) is 18.3 Å². The van der Waals surface area contributed by atoms with E-state index in [2.05, 4.69) is 10.3 Å². The lowest BCUT2D eigenvalue weighted by Crippen LogP contribution is -2.32. The van der Waals surface area contributed by atoms with Gasteiger partial charge in [-0.05, 0) is 41.8 Å². The van der Waals surface area contributed by atoms with E-state index in [-0.39, 0.29) is 23.3 Å². The Hall–Kier alpha value is -2.28. The molecule has 1 unspecified atom stereocenters. The normalized spacial score (nSPS) is 12.8. The van der Waals surface area contributed by atoms with Crippen LogP contribution in [0.3, 0.4) is 0 Å². The molecule has 1 aromatic carbocycles. The van der Waals surface area contributed by atoms with Crippen molar-refractivity contribution in [2.45, 2.75) is 30.4 Å². The van der Waals surface area contributed by atoms with Crippen molar-refractivity contribution in [3.63, 3.8) is 0 Å². The zero-order valence-corrected chi connectivity index (χ0v) is 15.0. The second-order valence-electron chi connectivity index (χ2n) is 6.18. The molecule has 0 aliphatic carbocycles. The Kier molecular flexibility index (Phi) is 6.25. The third-order valence-corrected chi connectivity index (χ3v) is 5.77. The molecule has 1 aromatic heterocycles. The van der Waals surface area contributed by atoms with Gasteiger partial charge in [-0.2, -0.15) is 0 Å². The molecule has 2 rings (SSSR count). The molecule has 1 heterocycles. The number of nitrogens with zero attached hydrogens (tertiary/aromatic N) is 1. The quantitative estimate of drug-likeness (QED) is 0.767. The highest BCUT2D eigenvalue weighted by atomic mass is 32.2. The van der Waals surface area contributed by atoms with E-state index >= 15 is 0 Å². The lowest BCUT2D eigenvalue weighted by molar-refractivity contribution is -0.121. The molecular formula is C18H21FN2O3S. The number of nitrogens with one attached hydrogen (secondary N) is 1. The molecule has 0 bridgehead atoms. The molecule has 0 aliphatic rings. The van der Waals surface area contributed by atoms with E-state index in [4.69, 9.17) is 0 Å². The predicted octanol–water partition coefficient (Wildman–Crippen LogP) is 2.90. The van der Waals surface area contributed by atoms with Crippen LogP contribution < -0.4 is 5.32 Å². The van der Waals surface area contributed by atoms with Crippen molar-refractivity contribution in [1.29, 1.82) is 0 Å². The Morgan fingerprint density at radius 3 is 2.44 bits per heavy atom. The molecule has 0 saturated heterocycles. The molecule has 134 valence electrons. The lowest BCUT2D eigenvalue weighted by Gasteiger charge is -2.19. The summed E-state index contributed by atoms with van der Waals surface area (Å²) < 4.78 is 39.1. The molecule has 0 aliphatic heterocycles. The number of rotatable bonds is 7. The SMILES string of the molecule is CC(C)CC(=O)NCC(c1cccnc1)S(=O)(=O)c1ccc(F)cc1. The summed E-state index contributed by atoms with van der Waals surface area (Å²) in [5.74, 6) is -0.550. The van der Waals surface area contributed by atoms with Gasteiger partial charge in [0.25, 0.3) is 0 Å². The standard InChI is InChI=1S/C18H21FN2O3S/c1-13(2)10-18(22)21-12-17(14-4-3-9-20-11-14)25(23,24)16-7-5-15(19)6-8-16/h3-9,11,13,17H,10,12H2,1-2H3,(H,21,22). The zero-order valence-electron chi connectivity index (χ0n) is 14.1. The van der Waals surface area contributed by atoms with Crippen molar-refractivity contribution in [1.82, 2.24) is 10.3 Å². The number of halogens is 1. The molecule has 0 radical (unpaired) electrons. The van der Waals surface area contributed by atoms with E-state index in [9.17, 15) is 17.6 Å². The molecule has 2 aromatic rings. The summed E-state index contributed by atoms with van der Waals surface area (Å²) in [6, 6.07) is 7.94. The Balaban J connectivity index is 2.31. The average molecular weight is 364 g/mol. The third kappa shape index (κ3) is 5.09. The first kappa shape index (κ1) is 19.1. The van der Waals surface area contributed by atoms with Gasteiger partial charge in [0.15, 0.2) is 9.84 Å². The summed E-state index contributed by atoms with van der Waals surface area (Å²) in [4.78, 5) is 15.9. The fourth-order valence-electron chi connectivity index (χ4n) is 2.41. The van der Waals surface area contributed by atoms with E-state index in [1.165, 1.54) is 18.3 Å². The van der Waals surface area contributed by atoms with Crippen LogP contribution in [0.15, 0.2) is 53.7 Å². The minimum Gasteiger partial charge on any atom is -0.354 e. The summed E-state index contributed by atoms with van der Waals surface area (Å²) in [6.45, 7) is 3.75. The summed E-state index contributed by atoms with van der Waals surface area (Å²) in [5.41, 5.74) is 0.469. The van der Waals surface area contributed by atoms with Gasteiger partial charge < -0.3 is 5.32 Å².